The monoisotopic (exact) mass is 496 g/mol. The van der Waals surface area contributed by atoms with Gasteiger partial charge in [0.15, 0.2) is 5.78 Å². The van der Waals surface area contributed by atoms with E-state index in [1.165, 1.54) is 13.0 Å². The molecular formula is C27H48N2O6. The molecule has 2 amide bonds. The summed E-state index contributed by atoms with van der Waals surface area (Å²) in [6, 6.07) is 0.169. The molecule has 0 bridgehead atoms. The van der Waals surface area contributed by atoms with Gasteiger partial charge >= 0.3 is 12.2 Å². The Morgan fingerprint density at radius 3 is 1.80 bits per heavy atom. The minimum absolute atomic E-state index is 0. The van der Waals surface area contributed by atoms with Crippen molar-refractivity contribution in [3.8, 4) is 0 Å². The maximum atomic E-state index is 11.9. The molecule has 2 fully saturated rings. The van der Waals surface area contributed by atoms with Crippen molar-refractivity contribution in [1.82, 2.24) is 9.80 Å². The van der Waals surface area contributed by atoms with Gasteiger partial charge in [-0.05, 0) is 93.6 Å². The van der Waals surface area contributed by atoms with Crippen molar-refractivity contribution in [1.29, 1.82) is 0 Å². The summed E-state index contributed by atoms with van der Waals surface area (Å²) in [6.45, 7) is 15.7. The molecule has 2 rings (SSSR count). The van der Waals surface area contributed by atoms with Crippen molar-refractivity contribution in [2.45, 2.75) is 125 Å². The zero-order valence-electron chi connectivity index (χ0n) is 22.3. The molecule has 2 aliphatic heterocycles. The van der Waals surface area contributed by atoms with Crippen LogP contribution >= 0.6 is 0 Å². The number of carbonyl (C=O) groups excluding carboxylic acids is 4. The van der Waals surface area contributed by atoms with Crippen LogP contribution in [0.4, 0.5) is 9.59 Å². The molecule has 2 heterocycles. The van der Waals surface area contributed by atoms with Crippen LogP contribution in [0.15, 0.2) is 12.2 Å². The van der Waals surface area contributed by atoms with Gasteiger partial charge in [0.2, 0.25) is 0 Å². The zero-order valence-corrected chi connectivity index (χ0v) is 22.3. The van der Waals surface area contributed by atoms with E-state index in [2.05, 4.69) is 0 Å². The van der Waals surface area contributed by atoms with Crippen molar-refractivity contribution in [3.63, 3.8) is 0 Å². The third kappa shape index (κ3) is 13.3. The Balaban J connectivity index is 0.000000642. The Labute approximate surface area is 212 Å². The predicted molar refractivity (Wildman–Crippen MR) is 138 cm³/mol. The highest BCUT2D eigenvalue weighted by molar-refractivity contribution is 5.87. The molecule has 2 saturated heterocycles. The van der Waals surface area contributed by atoms with Crippen molar-refractivity contribution >= 4 is 23.8 Å². The molecule has 0 aromatic rings. The molecule has 0 N–H and O–H groups in total. The van der Waals surface area contributed by atoms with Crippen LogP contribution in [0.25, 0.3) is 0 Å². The number of allylic oxidation sites excluding steroid dienone is 1. The van der Waals surface area contributed by atoms with Gasteiger partial charge in [0.1, 0.15) is 17.0 Å². The van der Waals surface area contributed by atoms with E-state index in [1.54, 1.807) is 22.8 Å². The fourth-order valence-corrected chi connectivity index (χ4v) is 3.85. The van der Waals surface area contributed by atoms with Crippen molar-refractivity contribution in [2.24, 2.45) is 0 Å². The molecule has 0 unspecified atom stereocenters. The standard InChI is InChI=1S/C13H23NO3.C13H21NO3.CH4/c2*1-10(15)7-8-11-6-5-9-14(11)12(16)17-13(2,3)4;/h11H,5-9H2,1-4H3;7-8,11H,5-6,9H2,1-4H3;1H4/b;8-7+;/t2*11-;/m00./s1. The predicted octanol–water partition coefficient (Wildman–Crippen LogP) is 5.92. The number of hydrogen-bond donors (Lipinski definition) is 0. The van der Waals surface area contributed by atoms with Crippen LogP contribution in [0.5, 0.6) is 0 Å². The number of nitrogens with zero attached hydrogens (tertiary/aromatic N) is 2. The Morgan fingerprint density at radius 2 is 1.31 bits per heavy atom. The van der Waals surface area contributed by atoms with Crippen LogP contribution in [0.3, 0.4) is 0 Å². The van der Waals surface area contributed by atoms with Crippen LogP contribution in [-0.4, -0.2) is 69.9 Å². The van der Waals surface area contributed by atoms with E-state index in [-0.39, 0.29) is 43.3 Å². The highest BCUT2D eigenvalue weighted by Gasteiger charge is 2.32. The average Bonchev–Trinajstić information content (AvgIpc) is 3.31. The second-order valence-electron chi connectivity index (χ2n) is 11.1. The van der Waals surface area contributed by atoms with Gasteiger partial charge in [0, 0.05) is 25.6 Å². The van der Waals surface area contributed by atoms with Gasteiger partial charge in [-0.15, -0.1) is 0 Å². The summed E-state index contributed by atoms with van der Waals surface area (Å²) in [4.78, 5) is 49.1. The molecular weight excluding hydrogens is 448 g/mol. The van der Waals surface area contributed by atoms with Crippen molar-refractivity contribution < 1.29 is 28.7 Å². The molecule has 2 atom stereocenters. The maximum Gasteiger partial charge on any atom is 0.410 e. The van der Waals surface area contributed by atoms with Crippen LogP contribution in [0.1, 0.15) is 101 Å². The van der Waals surface area contributed by atoms with Crippen molar-refractivity contribution in [2.75, 3.05) is 13.1 Å². The fourth-order valence-electron chi connectivity index (χ4n) is 3.85. The zero-order chi connectivity index (χ0) is 26.1. The molecule has 0 aromatic carbocycles. The highest BCUT2D eigenvalue weighted by atomic mass is 16.6. The van der Waals surface area contributed by atoms with Crippen LogP contribution in [0.2, 0.25) is 0 Å². The molecule has 2 aliphatic rings. The number of ketones is 2. The van der Waals surface area contributed by atoms with Crippen LogP contribution < -0.4 is 0 Å². The minimum Gasteiger partial charge on any atom is -0.444 e. The van der Waals surface area contributed by atoms with Gasteiger partial charge in [-0.3, -0.25) is 4.79 Å². The van der Waals surface area contributed by atoms with E-state index in [0.29, 0.717) is 13.0 Å². The smallest absolute Gasteiger partial charge is 0.410 e. The molecule has 202 valence electrons. The molecule has 35 heavy (non-hydrogen) atoms. The Morgan fingerprint density at radius 1 is 0.829 bits per heavy atom. The summed E-state index contributed by atoms with van der Waals surface area (Å²) in [5.74, 6) is 0.182. The lowest BCUT2D eigenvalue weighted by molar-refractivity contribution is -0.117. The van der Waals surface area contributed by atoms with E-state index < -0.39 is 11.2 Å². The highest BCUT2D eigenvalue weighted by Crippen LogP contribution is 2.24. The fraction of sp³-hybridized carbons (Fsp3) is 0.778. The summed E-state index contributed by atoms with van der Waals surface area (Å²) in [5.41, 5.74) is -0.931. The number of hydrogen-bond acceptors (Lipinski definition) is 6. The lowest BCUT2D eigenvalue weighted by atomic mass is 10.1. The SMILES string of the molecule is C.CC(=O)/C=C/[C@@H]1CCCN1C(=O)OC(C)(C)C.CC(=O)CC[C@@H]1CCCN1C(=O)OC(C)(C)C. The average molecular weight is 497 g/mol. The third-order valence-electron chi connectivity index (χ3n) is 5.32. The first-order valence-electron chi connectivity index (χ1n) is 12.3. The number of rotatable bonds is 5. The molecule has 0 saturated carbocycles. The first-order chi connectivity index (χ1) is 15.6. The number of amides is 2. The summed E-state index contributed by atoms with van der Waals surface area (Å²) in [6.07, 6.45) is 7.89. The molecule has 8 heteroatoms. The van der Waals surface area contributed by atoms with Gasteiger partial charge in [0.05, 0.1) is 6.04 Å². The molecule has 0 spiro atoms. The number of ether oxygens (including phenoxy) is 2. The van der Waals surface area contributed by atoms with Gasteiger partial charge in [-0.25, -0.2) is 9.59 Å². The van der Waals surface area contributed by atoms with Crippen molar-refractivity contribution in [3.05, 3.63) is 12.2 Å². The van der Waals surface area contributed by atoms with Crippen LogP contribution in [-0.2, 0) is 19.1 Å². The Bertz CT molecular complexity index is 748. The first-order valence-corrected chi connectivity index (χ1v) is 12.3. The number of Topliss-reactive ketones (excluding diaryl/α,β-unsaturated/α-hetero) is 1. The van der Waals surface area contributed by atoms with E-state index in [1.807, 2.05) is 41.5 Å². The van der Waals surface area contributed by atoms with Gasteiger partial charge in [-0.1, -0.05) is 13.5 Å². The third-order valence-corrected chi connectivity index (χ3v) is 5.32. The molecule has 0 radical (unpaired) electrons. The largest absolute Gasteiger partial charge is 0.444 e. The van der Waals surface area contributed by atoms with E-state index >= 15 is 0 Å². The van der Waals surface area contributed by atoms with E-state index in [0.717, 1.165) is 38.6 Å². The summed E-state index contributed by atoms with van der Waals surface area (Å²) >= 11 is 0. The Hall–Kier alpha value is -2.38. The van der Waals surface area contributed by atoms with Crippen LogP contribution in [0, 0.1) is 0 Å². The second-order valence-corrected chi connectivity index (χ2v) is 11.1. The first kappa shape index (κ1) is 32.6. The topological polar surface area (TPSA) is 93.2 Å². The maximum absolute atomic E-state index is 11.9. The lowest BCUT2D eigenvalue weighted by Crippen LogP contribution is -2.39. The Kier molecular flexibility index (Phi) is 13.3. The minimum atomic E-state index is -0.478. The van der Waals surface area contributed by atoms with Gasteiger partial charge in [0.25, 0.3) is 0 Å². The number of likely N-dealkylation sites (tertiary alicyclic amines) is 2. The summed E-state index contributed by atoms with van der Waals surface area (Å²) in [7, 11) is 0. The summed E-state index contributed by atoms with van der Waals surface area (Å²) in [5, 5.41) is 0. The molecule has 8 nitrogen and oxygen atoms in total. The second kappa shape index (κ2) is 14.2. The normalized spacial score (nSPS) is 20.1. The quantitative estimate of drug-likeness (QED) is 0.439. The molecule has 0 aromatic heterocycles. The summed E-state index contributed by atoms with van der Waals surface area (Å²) < 4.78 is 10.7. The van der Waals surface area contributed by atoms with E-state index in [9.17, 15) is 19.2 Å². The lowest BCUT2D eigenvalue weighted by Gasteiger charge is -2.28. The number of carbonyl (C=O) groups is 4. The van der Waals surface area contributed by atoms with E-state index in [4.69, 9.17) is 9.47 Å². The van der Waals surface area contributed by atoms with Gasteiger partial charge < -0.3 is 24.1 Å². The van der Waals surface area contributed by atoms with Gasteiger partial charge in [-0.2, -0.15) is 0 Å². The molecule has 0 aliphatic carbocycles.